The molecule has 0 N–H and O–H groups in total. The summed E-state index contributed by atoms with van der Waals surface area (Å²) in [6.45, 7) is 15.3. The largest absolute Gasteiger partial charge is 0.324 e. The van der Waals surface area contributed by atoms with Gasteiger partial charge in [-0.15, -0.1) is 0 Å². The normalized spacial score (nSPS) is 12.0. The first-order chi connectivity index (χ1) is 26.7. The molecule has 0 spiro atoms. The summed E-state index contributed by atoms with van der Waals surface area (Å²) in [5, 5.41) is 0. The fourth-order valence-corrected chi connectivity index (χ4v) is 9.27. The molecule has 0 unspecified atom stereocenters. The van der Waals surface area contributed by atoms with E-state index < -0.39 is 0 Å². The summed E-state index contributed by atoms with van der Waals surface area (Å²) in [7, 11) is 0. The van der Waals surface area contributed by atoms with Gasteiger partial charge in [0.2, 0.25) is 0 Å². The van der Waals surface area contributed by atoms with E-state index in [0.717, 1.165) is 0 Å². The van der Waals surface area contributed by atoms with Crippen LogP contribution in [0.25, 0.3) is 0 Å². The summed E-state index contributed by atoms with van der Waals surface area (Å²) < 4.78 is 1.44. The lowest BCUT2D eigenvalue weighted by atomic mass is 10.0. The molecule has 0 rings (SSSR count). The van der Waals surface area contributed by atoms with E-state index in [1.807, 2.05) is 0 Å². The molecule has 0 fully saturated rings. The molecule has 54 heavy (non-hydrogen) atoms. The predicted molar refractivity (Wildman–Crippen MR) is 250 cm³/mol. The molecule has 0 radical (unpaired) electrons. The summed E-state index contributed by atoms with van der Waals surface area (Å²) in [6.07, 6.45) is 66.3. The lowest BCUT2D eigenvalue weighted by molar-refractivity contribution is -0.927. The average Bonchev–Trinajstić information content (AvgIpc) is 3.19. The van der Waals surface area contributed by atoms with E-state index >= 15 is 0 Å². The molecule has 0 aliphatic carbocycles. The zero-order valence-corrected chi connectivity index (χ0v) is 39.1. The van der Waals surface area contributed by atoms with Crippen molar-refractivity contribution in [1.29, 1.82) is 0 Å². The quantitative estimate of drug-likeness (QED) is 0.0428. The molecule has 1 heteroatoms. The fraction of sp³-hybridized carbons (Fsp3) is 1.00. The van der Waals surface area contributed by atoms with Crippen molar-refractivity contribution < 1.29 is 4.48 Å². The Morgan fingerprint density at radius 1 is 0.167 bits per heavy atom. The highest BCUT2D eigenvalue weighted by Gasteiger charge is 2.24. The number of hydrogen-bond acceptors (Lipinski definition) is 0. The third kappa shape index (κ3) is 41.6. The van der Waals surface area contributed by atoms with Crippen molar-refractivity contribution in [2.75, 3.05) is 26.2 Å². The number of nitrogens with zero attached hydrogens (tertiary/aromatic N) is 1. The number of hydrogen-bond donors (Lipinski definition) is 0. The topological polar surface area (TPSA) is 0 Å². The van der Waals surface area contributed by atoms with E-state index in [1.165, 1.54) is 320 Å². The first kappa shape index (κ1) is 54.0. The third-order valence-corrected chi connectivity index (χ3v) is 13.4. The molecule has 0 amide bonds. The summed E-state index contributed by atoms with van der Waals surface area (Å²) in [6, 6.07) is 0. The van der Waals surface area contributed by atoms with Crippen molar-refractivity contribution in [3.8, 4) is 0 Å². The Morgan fingerprint density at radius 2 is 0.296 bits per heavy atom. The van der Waals surface area contributed by atoms with Gasteiger partial charge in [0.15, 0.2) is 0 Å². The highest BCUT2D eigenvalue weighted by atomic mass is 15.3. The van der Waals surface area contributed by atoms with Crippen molar-refractivity contribution >= 4 is 0 Å². The molecule has 0 aromatic rings. The predicted octanol–water partition coefficient (Wildman–Crippen LogP) is 19.4. The second-order valence-electron chi connectivity index (χ2n) is 18.7. The van der Waals surface area contributed by atoms with Crippen LogP contribution in [0.4, 0.5) is 0 Å². The van der Waals surface area contributed by atoms with Gasteiger partial charge < -0.3 is 4.48 Å². The van der Waals surface area contributed by atoms with Gasteiger partial charge in [0, 0.05) is 0 Å². The SMILES string of the molecule is CCCCCCCCCCCCCCCCC[N+](CC)(CCCCCCCCCCCCCCCCC)CCCCCCCCCCCCCCCCC. The van der Waals surface area contributed by atoms with E-state index in [9.17, 15) is 0 Å². The highest BCUT2D eigenvalue weighted by Crippen LogP contribution is 2.20. The first-order valence-corrected chi connectivity index (χ1v) is 26.6. The summed E-state index contributed by atoms with van der Waals surface area (Å²) in [5.41, 5.74) is 0. The Bertz CT molecular complexity index is 558. The summed E-state index contributed by atoms with van der Waals surface area (Å²) >= 11 is 0. The molecule has 0 aliphatic heterocycles. The summed E-state index contributed by atoms with van der Waals surface area (Å²) in [5.74, 6) is 0. The van der Waals surface area contributed by atoms with Gasteiger partial charge in [0.25, 0.3) is 0 Å². The second kappa shape index (κ2) is 47.3. The van der Waals surface area contributed by atoms with Crippen LogP contribution in [0.5, 0.6) is 0 Å². The number of unbranched alkanes of at least 4 members (excludes halogenated alkanes) is 42. The van der Waals surface area contributed by atoms with Gasteiger partial charge in [-0.2, -0.15) is 0 Å². The standard InChI is InChI=1S/C53H110N/c1-5-9-12-15-18-21-24-27-30-33-36-39-42-45-48-51-54(8-4,52-49-46-43-40-37-34-31-28-25-22-19-16-13-10-6-2)53-50-47-44-41-38-35-32-29-26-23-20-17-14-11-7-3/h5-53H2,1-4H3/q+1. The zero-order chi connectivity index (χ0) is 39.1. The average molecular weight is 761 g/mol. The van der Waals surface area contributed by atoms with E-state index in [1.54, 1.807) is 0 Å². The minimum Gasteiger partial charge on any atom is -0.324 e. The molecule has 1 nitrogen and oxygen atoms in total. The van der Waals surface area contributed by atoms with E-state index in [4.69, 9.17) is 0 Å². The lowest BCUT2D eigenvalue weighted by Gasteiger charge is -2.38. The van der Waals surface area contributed by atoms with Crippen LogP contribution in [-0.4, -0.2) is 30.7 Å². The van der Waals surface area contributed by atoms with Gasteiger partial charge in [-0.1, -0.05) is 271 Å². The molecule has 0 aromatic heterocycles. The van der Waals surface area contributed by atoms with Crippen molar-refractivity contribution in [2.45, 2.75) is 317 Å². The van der Waals surface area contributed by atoms with E-state index in [-0.39, 0.29) is 0 Å². The van der Waals surface area contributed by atoms with Crippen LogP contribution in [-0.2, 0) is 0 Å². The Balaban J connectivity index is 4.20. The number of rotatable bonds is 49. The van der Waals surface area contributed by atoms with Crippen LogP contribution in [0, 0.1) is 0 Å². The van der Waals surface area contributed by atoms with Crippen molar-refractivity contribution in [2.24, 2.45) is 0 Å². The molecular formula is C53H110N+. The maximum absolute atomic E-state index is 2.53. The monoisotopic (exact) mass is 761 g/mol. The second-order valence-corrected chi connectivity index (χ2v) is 18.7. The van der Waals surface area contributed by atoms with Gasteiger partial charge >= 0.3 is 0 Å². The number of quaternary nitrogens is 1. The molecule has 0 heterocycles. The molecule has 0 atom stereocenters. The van der Waals surface area contributed by atoms with Gasteiger partial charge in [0.1, 0.15) is 0 Å². The Kier molecular flexibility index (Phi) is 47.3. The van der Waals surface area contributed by atoms with E-state index in [0.29, 0.717) is 0 Å². The van der Waals surface area contributed by atoms with E-state index in [2.05, 4.69) is 27.7 Å². The molecule has 0 bridgehead atoms. The third-order valence-electron chi connectivity index (χ3n) is 13.4. The molecular weight excluding hydrogens is 651 g/mol. The maximum atomic E-state index is 2.53. The molecule has 0 aliphatic rings. The van der Waals surface area contributed by atoms with Crippen LogP contribution in [0.2, 0.25) is 0 Å². The Hall–Kier alpha value is -0.0400. The Labute approximate surface area is 346 Å². The van der Waals surface area contributed by atoms with Crippen molar-refractivity contribution in [1.82, 2.24) is 0 Å². The van der Waals surface area contributed by atoms with Gasteiger partial charge in [0.05, 0.1) is 26.2 Å². The van der Waals surface area contributed by atoms with Crippen LogP contribution in [0.1, 0.15) is 317 Å². The Morgan fingerprint density at radius 3 is 0.426 bits per heavy atom. The first-order valence-electron chi connectivity index (χ1n) is 26.6. The molecule has 0 saturated heterocycles. The minimum absolute atomic E-state index is 1.37. The van der Waals surface area contributed by atoms with Crippen LogP contribution in [0.15, 0.2) is 0 Å². The zero-order valence-electron chi connectivity index (χ0n) is 39.1. The van der Waals surface area contributed by atoms with Crippen LogP contribution in [0.3, 0.4) is 0 Å². The van der Waals surface area contributed by atoms with Crippen LogP contribution >= 0.6 is 0 Å². The summed E-state index contributed by atoms with van der Waals surface area (Å²) in [4.78, 5) is 0. The highest BCUT2D eigenvalue weighted by molar-refractivity contribution is 4.55. The molecule has 0 aromatic carbocycles. The van der Waals surface area contributed by atoms with Crippen molar-refractivity contribution in [3.05, 3.63) is 0 Å². The van der Waals surface area contributed by atoms with Gasteiger partial charge in [-0.3, -0.25) is 0 Å². The van der Waals surface area contributed by atoms with Gasteiger partial charge in [-0.25, -0.2) is 0 Å². The molecule has 326 valence electrons. The fourth-order valence-electron chi connectivity index (χ4n) is 9.27. The van der Waals surface area contributed by atoms with Gasteiger partial charge in [-0.05, 0) is 45.4 Å². The van der Waals surface area contributed by atoms with Crippen molar-refractivity contribution in [3.63, 3.8) is 0 Å². The lowest BCUT2D eigenvalue weighted by Crippen LogP contribution is -2.50. The smallest absolute Gasteiger partial charge is 0.0786 e. The van der Waals surface area contributed by atoms with Crippen LogP contribution < -0.4 is 0 Å². The molecule has 0 saturated carbocycles. The minimum atomic E-state index is 1.37. The maximum Gasteiger partial charge on any atom is 0.0786 e.